The van der Waals surface area contributed by atoms with Crippen LogP contribution in [0.1, 0.15) is 87.7 Å². The van der Waals surface area contributed by atoms with E-state index in [1.165, 1.54) is 18.2 Å². The highest BCUT2D eigenvalue weighted by atomic mass is 32.2. The number of ether oxygens (including phenoxy) is 1. The summed E-state index contributed by atoms with van der Waals surface area (Å²) in [5.74, 6) is -0.508. The lowest BCUT2D eigenvalue weighted by molar-refractivity contribution is -0.0500. The van der Waals surface area contributed by atoms with Crippen molar-refractivity contribution in [3.8, 4) is 28.1 Å². The van der Waals surface area contributed by atoms with E-state index in [0.29, 0.717) is 59.6 Å². The van der Waals surface area contributed by atoms with E-state index in [2.05, 4.69) is 14.2 Å². The number of halogens is 4. The van der Waals surface area contributed by atoms with Crippen molar-refractivity contribution in [2.24, 2.45) is 0 Å². The quantitative estimate of drug-likeness (QED) is 0.179. The zero-order valence-corrected chi connectivity index (χ0v) is 24.6. The highest BCUT2D eigenvalue weighted by Gasteiger charge is 2.50. The van der Waals surface area contributed by atoms with Gasteiger partial charge in [-0.15, -0.1) is 0 Å². The molecule has 2 aliphatic carbocycles. The number of imidazole rings is 1. The zero-order valence-electron chi connectivity index (χ0n) is 23.8. The summed E-state index contributed by atoms with van der Waals surface area (Å²) in [7, 11) is -5.84. The number of hydrogen-bond donors (Lipinski definition) is 1. The lowest BCUT2D eigenvalue weighted by Crippen LogP contribution is -2.36. The molecule has 3 aromatic rings. The highest BCUT2D eigenvalue weighted by Crippen LogP contribution is 2.59. The van der Waals surface area contributed by atoms with Crippen molar-refractivity contribution in [2.75, 3.05) is 6.54 Å². The van der Waals surface area contributed by atoms with Crippen molar-refractivity contribution in [1.29, 1.82) is 0 Å². The van der Waals surface area contributed by atoms with Gasteiger partial charge in [-0.05, 0) is 88.0 Å². The molecule has 8 nitrogen and oxygen atoms in total. The van der Waals surface area contributed by atoms with E-state index >= 15 is 4.39 Å². The van der Waals surface area contributed by atoms with Gasteiger partial charge < -0.3 is 13.9 Å². The standard InChI is InChI=1S/C30H31F4N3O5S/c1-29(2,3)41-28(38)37-12-4-5-23(37)27-35-15-22(36-27)16-8-9-19(21(31)14-16)20-10-11-24(42-43(39,40)30(32,33)34)26-18-7-6-17(13-18)25(20)26/h8-11,14-15,17-18,23H,4-7,12-13H2,1-3H3,(H,35,36). The van der Waals surface area contributed by atoms with Crippen molar-refractivity contribution < 1.29 is 39.7 Å². The highest BCUT2D eigenvalue weighted by molar-refractivity contribution is 7.88. The second-order valence-electron chi connectivity index (χ2n) is 12.3. The summed E-state index contributed by atoms with van der Waals surface area (Å²) in [5.41, 5.74) is -3.30. The summed E-state index contributed by atoms with van der Waals surface area (Å²) in [5, 5.41) is 0. The first-order valence-electron chi connectivity index (χ1n) is 14.2. The summed E-state index contributed by atoms with van der Waals surface area (Å²) in [4.78, 5) is 22.1. The van der Waals surface area contributed by atoms with E-state index in [4.69, 9.17) is 4.74 Å². The van der Waals surface area contributed by atoms with Crippen LogP contribution < -0.4 is 4.18 Å². The first-order chi connectivity index (χ1) is 20.1. The SMILES string of the molecule is CC(C)(C)OC(=O)N1CCCC1c1ncc(-c2ccc(-c3ccc(OS(=O)(=O)C(F)(F)F)c4c3C3CCC4C3)c(F)c2)[nH]1. The normalized spacial score (nSPS) is 21.7. The minimum atomic E-state index is -5.84. The number of likely N-dealkylation sites (tertiary alicyclic amines) is 1. The lowest BCUT2D eigenvalue weighted by atomic mass is 9.85. The molecule has 2 aromatic carbocycles. The maximum absolute atomic E-state index is 15.7. The third-order valence-electron chi connectivity index (χ3n) is 8.34. The second-order valence-corrected chi connectivity index (χ2v) is 13.9. The van der Waals surface area contributed by atoms with Gasteiger partial charge in [0.25, 0.3) is 0 Å². The molecule has 1 aliphatic heterocycles. The number of H-pyrrole nitrogens is 1. The summed E-state index contributed by atoms with van der Waals surface area (Å²) in [6, 6.07) is 6.98. The molecule has 1 saturated heterocycles. The van der Waals surface area contributed by atoms with Crippen LogP contribution in [0.25, 0.3) is 22.4 Å². The van der Waals surface area contributed by atoms with Crippen LogP contribution in [-0.2, 0) is 14.9 Å². The number of hydrogen-bond acceptors (Lipinski definition) is 6. The molecule has 2 heterocycles. The molecule has 2 fully saturated rings. The maximum Gasteiger partial charge on any atom is 0.534 e. The van der Waals surface area contributed by atoms with E-state index in [1.807, 2.05) is 0 Å². The number of amides is 1. The van der Waals surface area contributed by atoms with E-state index in [0.717, 1.165) is 12.8 Å². The van der Waals surface area contributed by atoms with E-state index < -0.39 is 33.1 Å². The van der Waals surface area contributed by atoms with Gasteiger partial charge in [0.1, 0.15) is 23.0 Å². The average Bonchev–Trinajstić information content (AvgIpc) is 3.71. The van der Waals surface area contributed by atoms with Gasteiger partial charge in [-0.1, -0.05) is 18.2 Å². The molecule has 3 atom stereocenters. The van der Waals surface area contributed by atoms with Crippen LogP contribution in [0.5, 0.6) is 5.75 Å². The van der Waals surface area contributed by atoms with Crippen molar-refractivity contribution >= 4 is 16.2 Å². The van der Waals surface area contributed by atoms with Crippen LogP contribution in [0.15, 0.2) is 36.5 Å². The molecule has 1 aromatic heterocycles. The van der Waals surface area contributed by atoms with Gasteiger partial charge in [0, 0.05) is 23.2 Å². The fraction of sp³-hybridized carbons (Fsp3) is 0.467. The van der Waals surface area contributed by atoms with Gasteiger partial charge in [-0.2, -0.15) is 21.6 Å². The first kappa shape index (κ1) is 29.5. The molecule has 230 valence electrons. The number of alkyl halides is 3. The summed E-state index contributed by atoms with van der Waals surface area (Å²) in [6.45, 7) is 5.95. The number of rotatable bonds is 5. The number of nitrogens with zero attached hydrogens (tertiary/aromatic N) is 2. The fourth-order valence-corrected chi connectivity index (χ4v) is 7.08. The Bertz CT molecular complexity index is 1700. The lowest BCUT2D eigenvalue weighted by Gasteiger charge is -2.27. The Labute approximate surface area is 246 Å². The second kappa shape index (κ2) is 10.2. The predicted molar refractivity (Wildman–Crippen MR) is 149 cm³/mol. The van der Waals surface area contributed by atoms with Gasteiger partial charge in [-0.25, -0.2) is 14.2 Å². The monoisotopic (exact) mass is 621 g/mol. The van der Waals surface area contributed by atoms with Crippen molar-refractivity contribution in [1.82, 2.24) is 14.9 Å². The summed E-state index contributed by atoms with van der Waals surface area (Å²) in [6.07, 6.45) is 4.78. The topological polar surface area (TPSA) is 102 Å². The van der Waals surface area contributed by atoms with Crippen LogP contribution >= 0.6 is 0 Å². The summed E-state index contributed by atoms with van der Waals surface area (Å²) < 4.78 is 88.5. The summed E-state index contributed by atoms with van der Waals surface area (Å²) >= 11 is 0. The maximum atomic E-state index is 15.7. The minimum absolute atomic E-state index is 0.0271. The number of carbonyl (C=O) groups excluding carboxylic acids is 1. The van der Waals surface area contributed by atoms with Crippen molar-refractivity contribution in [2.45, 2.75) is 81.9 Å². The van der Waals surface area contributed by atoms with Gasteiger partial charge in [0.2, 0.25) is 0 Å². The number of aromatic amines is 1. The van der Waals surface area contributed by atoms with Crippen LogP contribution in [0.4, 0.5) is 22.4 Å². The smallest absolute Gasteiger partial charge is 0.444 e. The average molecular weight is 622 g/mol. The minimum Gasteiger partial charge on any atom is -0.444 e. The Morgan fingerprint density at radius 1 is 1.02 bits per heavy atom. The molecule has 1 N–H and O–H groups in total. The fourth-order valence-electron chi connectivity index (χ4n) is 6.60. The molecule has 1 amide bonds. The van der Waals surface area contributed by atoms with E-state index in [-0.39, 0.29) is 29.2 Å². The Kier molecular flexibility index (Phi) is 7.02. The van der Waals surface area contributed by atoms with Gasteiger partial charge in [0.15, 0.2) is 0 Å². The van der Waals surface area contributed by atoms with Crippen LogP contribution in [-0.4, -0.2) is 47.0 Å². The molecule has 3 aliphatic rings. The van der Waals surface area contributed by atoms with Crippen molar-refractivity contribution in [3.05, 3.63) is 59.3 Å². The van der Waals surface area contributed by atoms with Gasteiger partial charge in [0.05, 0.1) is 17.9 Å². The molecular formula is C30H31F4N3O5S. The molecule has 43 heavy (non-hydrogen) atoms. The van der Waals surface area contributed by atoms with Crippen molar-refractivity contribution in [3.63, 3.8) is 0 Å². The first-order valence-corrected chi connectivity index (χ1v) is 15.6. The number of benzene rings is 2. The molecule has 2 bridgehead atoms. The van der Waals surface area contributed by atoms with Crippen LogP contribution in [0.2, 0.25) is 0 Å². The van der Waals surface area contributed by atoms with Gasteiger partial charge >= 0.3 is 21.7 Å². The Balaban J connectivity index is 1.29. The molecular weight excluding hydrogens is 590 g/mol. The zero-order chi connectivity index (χ0) is 30.9. The number of nitrogens with one attached hydrogen (secondary N) is 1. The molecule has 1 saturated carbocycles. The number of fused-ring (bicyclic) bond motifs is 5. The Morgan fingerprint density at radius 2 is 1.72 bits per heavy atom. The Morgan fingerprint density at radius 3 is 2.40 bits per heavy atom. The third-order valence-corrected chi connectivity index (χ3v) is 9.31. The molecule has 3 unspecified atom stereocenters. The van der Waals surface area contributed by atoms with E-state index in [1.54, 1.807) is 44.0 Å². The molecule has 13 heteroatoms. The largest absolute Gasteiger partial charge is 0.534 e. The Hall–Kier alpha value is -3.61. The van der Waals surface area contributed by atoms with Crippen LogP contribution in [0, 0.1) is 5.82 Å². The van der Waals surface area contributed by atoms with E-state index in [9.17, 15) is 26.4 Å². The molecule has 6 rings (SSSR count). The molecule has 0 radical (unpaired) electrons. The number of aromatic nitrogens is 2. The third kappa shape index (κ3) is 5.36. The predicted octanol–water partition coefficient (Wildman–Crippen LogP) is 7.55. The number of carbonyl (C=O) groups is 1. The van der Waals surface area contributed by atoms with Gasteiger partial charge in [-0.3, -0.25) is 4.90 Å². The molecule has 0 spiro atoms. The van der Waals surface area contributed by atoms with Crippen LogP contribution in [0.3, 0.4) is 0 Å².